The molecule has 0 aliphatic rings. The number of para-hydroxylation sites is 1. The summed E-state index contributed by atoms with van der Waals surface area (Å²) in [6.07, 6.45) is 3.47. The molecule has 32 heavy (non-hydrogen) atoms. The first-order chi connectivity index (χ1) is 15.4. The SMILES string of the molecule is CCC(=N)c1c(N)ncnc1NCc1nc2nccc(C)c2c(=O)n1-c1ccccc1C. The van der Waals surface area contributed by atoms with Crippen LogP contribution in [0.2, 0.25) is 0 Å². The third-order valence-electron chi connectivity index (χ3n) is 5.35. The van der Waals surface area contributed by atoms with Crippen LogP contribution in [0.1, 0.15) is 35.9 Å². The first-order valence-electron chi connectivity index (χ1n) is 10.3. The normalized spacial score (nSPS) is 11.0. The first-order valence-corrected chi connectivity index (χ1v) is 10.3. The maximum absolute atomic E-state index is 13.6. The lowest BCUT2D eigenvalue weighted by Gasteiger charge is -2.17. The number of nitrogens with zero attached hydrogens (tertiary/aromatic N) is 5. The number of benzene rings is 1. The minimum absolute atomic E-state index is 0.176. The van der Waals surface area contributed by atoms with E-state index in [4.69, 9.17) is 16.1 Å². The predicted molar refractivity (Wildman–Crippen MR) is 125 cm³/mol. The lowest BCUT2D eigenvalue weighted by molar-refractivity contribution is 0.826. The number of aryl methyl sites for hydroxylation is 2. The zero-order valence-corrected chi connectivity index (χ0v) is 18.2. The van der Waals surface area contributed by atoms with E-state index in [9.17, 15) is 4.79 Å². The van der Waals surface area contributed by atoms with Crippen LogP contribution < -0.4 is 16.6 Å². The molecule has 3 heterocycles. The number of hydrogen-bond donors (Lipinski definition) is 3. The van der Waals surface area contributed by atoms with Gasteiger partial charge >= 0.3 is 0 Å². The fourth-order valence-electron chi connectivity index (χ4n) is 3.65. The van der Waals surface area contributed by atoms with Crippen molar-refractivity contribution in [2.45, 2.75) is 33.7 Å². The van der Waals surface area contributed by atoms with Gasteiger partial charge in [-0.05, 0) is 43.5 Å². The van der Waals surface area contributed by atoms with Crippen LogP contribution in [0.25, 0.3) is 16.7 Å². The van der Waals surface area contributed by atoms with Gasteiger partial charge in [0.2, 0.25) is 0 Å². The third-order valence-corrected chi connectivity index (χ3v) is 5.35. The van der Waals surface area contributed by atoms with E-state index < -0.39 is 0 Å². The molecule has 4 aromatic rings. The van der Waals surface area contributed by atoms with E-state index in [0.29, 0.717) is 40.4 Å². The van der Waals surface area contributed by atoms with Crippen molar-refractivity contribution >= 4 is 28.4 Å². The molecule has 4 rings (SSSR count). The smallest absolute Gasteiger partial charge is 0.267 e. The molecular formula is C23H24N8O. The molecule has 0 aliphatic heterocycles. The molecule has 0 fully saturated rings. The van der Waals surface area contributed by atoms with E-state index in [1.807, 2.05) is 45.0 Å². The van der Waals surface area contributed by atoms with Crippen LogP contribution in [0.4, 0.5) is 11.6 Å². The molecule has 4 N–H and O–H groups in total. The van der Waals surface area contributed by atoms with Crippen molar-refractivity contribution in [3.05, 3.63) is 75.7 Å². The van der Waals surface area contributed by atoms with Gasteiger partial charge in [0, 0.05) is 11.9 Å². The lowest BCUT2D eigenvalue weighted by Crippen LogP contribution is -2.27. The van der Waals surface area contributed by atoms with E-state index in [1.54, 1.807) is 16.8 Å². The average molecular weight is 429 g/mol. The average Bonchev–Trinajstić information content (AvgIpc) is 2.78. The number of rotatable bonds is 6. The van der Waals surface area contributed by atoms with Crippen molar-refractivity contribution in [1.29, 1.82) is 5.41 Å². The summed E-state index contributed by atoms with van der Waals surface area (Å²) < 4.78 is 1.61. The Bertz CT molecular complexity index is 1390. The highest BCUT2D eigenvalue weighted by Crippen LogP contribution is 2.21. The Kier molecular flexibility index (Phi) is 5.63. The Hall–Kier alpha value is -4.14. The van der Waals surface area contributed by atoms with Crippen molar-refractivity contribution in [3.8, 4) is 5.69 Å². The number of nitrogens with two attached hydrogens (primary N) is 1. The fourth-order valence-corrected chi connectivity index (χ4v) is 3.65. The van der Waals surface area contributed by atoms with Gasteiger partial charge in [0.1, 0.15) is 23.8 Å². The quantitative estimate of drug-likeness (QED) is 0.401. The van der Waals surface area contributed by atoms with Crippen LogP contribution in [-0.2, 0) is 6.54 Å². The van der Waals surface area contributed by atoms with Gasteiger partial charge in [-0.25, -0.2) is 19.9 Å². The van der Waals surface area contributed by atoms with E-state index >= 15 is 0 Å². The van der Waals surface area contributed by atoms with Gasteiger partial charge in [-0.15, -0.1) is 0 Å². The molecule has 9 nitrogen and oxygen atoms in total. The Morgan fingerprint density at radius 1 is 1.12 bits per heavy atom. The molecule has 0 spiro atoms. The van der Waals surface area contributed by atoms with Gasteiger partial charge in [-0.1, -0.05) is 25.1 Å². The van der Waals surface area contributed by atoms with Gasteiger partial charge in [0.05, 0.1) is 23.2 Å². The second-order valence-electron chi connectivity index (χ2n) is 7.45. The number of fused-ring (bicyclic) bond motifs is 1. The molecule has 162 valence electrons. The fraction of sp³-hybridized carbons (Fsp3) is 0.217. The molecule has 9 heteroatoms. The zero-order chi connectivity index (χ0) is 22.8. The number of nitrogen functional groups attached to an aromatic ring is 1. The molecule has 3 aromatic heterocycles. The summed E-state index contributed by atoms with van der Waals surface area (Å²) in [6.45, 7) is 5.87. The maximum Gasteiger partial charge on any atom is 0.267 e. The molecule has 0 atom stereocenters. The van der Waals surface area contributed by atoms with E-state index in [2.05, 4.69) is 20.3 Å². The van der Waals surface area contributed by atoms with Crippen LogP contribution in [0.3, 0.4) is 0 Å². The predicted octanol–water partition coefficient (Wildman–Crippen LogP) is 3.16. The maximum atomic E-state index is 13.6. The summed E-state index contributed by atoms with van der Waals surface area (Å²) in [4.78, 5) is 30.9. The minimum Gasteiger partial charge on any atom is -0.383 e. The summed E-state index contributed by atoms with van der Waals surface area (Å²) in [5.74, 6) is 1.13. The molecule has 0 aliphatic carbocycles. The van der Waals surface area contributed by atoms with Crippen molar-refractivity contribution in [2.75, 3.05) is 11.1 Å². The van der Waals surface area contributed by atoms with E-state index in [0.717, 1.165) is 16.8 Å². The monoisotopic (exact) mass is 428 g/mol. The number of pyridine rings is 1. The topological polar surface area (TPSA) is 135 Å². The zero-order valence-electron chi connectivity index (χ0n) is 18.2. The van der Waals surface area contributed by atoms with Gasteiger partial charge < -0.3 is 16.5 Å². The number of nitrogens with one attached hydrogen (secondary N) is 2. The lowest BCUT2D eigenvalue weighted by atomic mass is 10.1. The van der Waals surface area contributed by atoms with Crippen LogP contribution in [0.5, 0.6) is 0 Å². The molecule has 0 saturated carbocycles. The highest BCUT2D eigenvalue weighted by atomic mass is 16.1. The van der Waals surface area contributed by atoms with Gasteiger partial charge in [-0.2, -0.15) is 0 Å². The highest BCUT2D eigenvalue weighted by molar-refractivity contribution is 6.05. The van der Waals surface area contributed by atoms with Crippen molar-refractivity contribution in [2.24, 2.45) is 0 Å². The summed E-state index contributed by atoms with van der Waals surface area (Å²) in [5.41, 5.74) is 9.50. The Morgan fingerprint density at radius 3 is 2.66 bits per heavy atom. The van der Waals surface area contributed by atoms with Crippen LogP contribution in [0.15, 0.2) is 47.7 Å². The van der Waals surface area contributed by atoms with Crippen molar-refractivity contribution in [1.82, 2.24) is 24.5 Å². The second-order valence-corrected chi connectivity index (χ2v) is 7.45. The second kappa shape index (κ2) is 8.54. The molecule has 0 amide bonds. The molecular weight excluding hydrogens is 404 g/mol. The van der Waals surface area contributed by atoms with Crippen molar-refractivity contribution < 1.29 is 0 Å². The Balaban J connectivity index is 1.88. The van der Waals surface area contributed by atoms with E-state index in [1.165, 1.54) is 6.33 Å². The number of anilines is 2. The number of aromatic nitrogens is 5. The highest BCUT2D eigenvalue weighted by Gasteiger charge is 2.18. The Morgan fingerprint density at radius 2 is 1.91 bits per heavy atom. The van der Waals surface area contributed by atoms with Gasteiger partial charge in [0.25, 0.3) is 5.56 Å². The van der Waals surface area contributed by atoms with Gasteiger partial charge in [-0.3, -0.25) is 9.36 Å². The Labute approximate surface area is 184 Å². The van der Waals surface area contributed by atoms with Crippen LogP contribution in [-0.4, -0.2) is 30.2 Å². The van der Waals surface area contributed by atoms with Gasteiger partial charge in [0.15, 0.2) is 5.65 Å². The third kappa shape index (κ3) is 3.68. The minimum atomic E-state index is -0.185. The molecule has 0 saturated heterocycles. The summed E-state index contributed by atoms with van der Waals surface area (Å²) in [7, 11) is 0. The summed E-state index contributed by atoms with van der Waals surface area (Å²) >= 11 is 0. The largest absolute Gasteiger partial charge is 0.383 e. The van der Waals surface area contributed by atoms with Crippen LogP contribution in [0, 0.1) is 19.3 Å². The molecule has 0 radical (unpaired) electrons. The summed E-state index contributed by atoms with van der Waals surface area (Å²) in [5, 5.41) is 11.9. The molecule has 0 unspecified atom stereocenters. The standard InChI is InChI=1S/C23H24N8O/c1-4-15(24)19-20(25)28-12-29-21(19)27-11-17-30-22-18(14(3)9-10-26-22)23(32)31(17)16-8-6-5-7-13(16)2/h5-10,12,24H,4,11H2,1-3H3,(H3,25,27,28,29). The van der Waals surface area contributed by atoms with Crippen molar-refractivity contribution in [3.63, 3.8) is 0 Å². The summed E-state index contributed by atoms with van der Waals surface area (Å²) in [6, 6.07) is 9.46. The number of hydrogen-bond acceptors (Lipinski definition) is 8. The molecule has 0 bridgehead atoms. The molecule has 1 aromatic carbocycles. The van der Waals surface area contributed by atoms with E-state index in [-0.39, 0.29) is 17.9 Å². The van der Waals surface area contributed by atoms with Crippen LogP contribution >= 0.6 is 0 Å². The first kappa shape index (κ1) is 21.1.